The van der Waals surface area contributed by atoms with Gasteiger partial charge in [-0.3, -0.25) is 9.59 Å². The van der Waals surface area contributed by atoms with Crippen molar-refractivity contribution in [1.82, 2.24) is 5.32 Å². The van der Waals surface area contributed by atoms with Crippen LogP contribution in [0.2, 0.25) is 0 Å². The summed E-state index contributed by atoms with van der Waals surface area (Å²) in [6.45, 7) is 0.300. The molecule has 6 heteroatoms. The molecular formula is C14H15NO5. The number of benzene rings is 1. The molecule has 0 aliphatic heterocycles. The van der Waals surface area contributed by atoms with Crippen LogP contribution in [0.1, 0.15) is 17.0 Å². The van der Waals surface area contributed by atoms with Crippen LogP contribution in [0.15, 0.2) is 33.5 Å². The van der Waals surface area contributed by atoms with Crippen LogP contribution in [0.5, 0.6) is 5.75 Å². The van der Waals surface area contributed by atoms with Crippen molar-refractivity contribution in [2.24, 2.45) is 0 Å². The molecule has 2 aromatic rings. The SMILES string of the molecule is COc1ccc2c(=O)cc(C(=O)NCCCO)oc2c1. The third-order valence-corrected chi connectivity index (χ3v) is 2.78. The lowest BCUT2D eigenvalue weighted by molar-refractivity contribution is 0.0924. The minimum atomic E-state index is -0.486. The topological polar surface area (TPSA) is 88.8 Å². The average Bonchev–Trinajstić information content (AvgIpc) is 2.46. The second-order valence-electron chi connectivity index (χ2n) is 4.17. The highest BCUT2D eigenvalue weighted by molar-refractivity contribution is 5.93. The third kappa shape index (κ3) is 2.97. The van der Waals surface area contributed by atoms with Crippen LogP contribution in [0, 0.1) is 0 Å². The first-order valence-electron chi connectivity index (χ1n) is 6.16. The van der Waals surface area contributed by atoms with E-state index in [9.17, 15) is 9.59 Å². The lowest BCUT2D eigenvalue weighted by Gasteiger charge is -2.05. The number of aliphatic hydroxyl groups is 1. The van der Waals surface area contributed by atoms with Gasteiger partial charge in [-0.25, -0.2) is 0 Å². The highest BCUT2D eigenvalue weighted by atomic mass is 16.5. The van der Waals surface area contributed by atoms with Crippen LogP contribution in [0.3, 0.4) is 0 Å². The number of hydrogen-bond acceptors (Lipinski definition) is 5. The Morgan fingerprint density at radius 1 is 1.40 bits per heavy atom. The van der Waals surface area contributed by atoms with E-state index in [-0.39, 0.29) is 17.8 Å². The molecule has 2 N–H and O–H groups in total. The van der Waals surface area contributed by atoms with E-state index in [0.717, 1.165) is 6.07 Å². The fourth-order valence-corrected chi connectivity index (χ4v) is 1.74. The standard InChI is InChI=1S/C14H15NO5/c1-19-9-3-4-10-11(17)8-13(20-12(10)7-9)14(18)15-5-2-6-16/h3-4,7-8,16H,2,5-6H2,1H3,(H,15,18). The summed E-state index contributed by atoms with van der Waals surface area (Å²) in [4.78, 5) is 23.7. The number of methoxy groups -OCH3 is 1. The quantitative estimate of drug-likeness (QED) is 0.793. The van der Waals surface area contributed by atoms with E-state index >= 15 is 0 Å². The minimum Gasteiger partial charge on any atom is -0.497 e. The predicted octanol–water partition coefficient (Wildman–Crippen LogP) is 0.914. The van der Waals surface area contributed by atoms with E-state index in [1.807, 2.05) is 0 Å². The molecule has 0 atom stereocenters. The number of fused-ring (bicyclic) bond motifs is 1. The highest BCUT2D eigenvalue weighted by Gasteiger charge is 2.12. The fraction of sp³-hybridized carbons (Fsp3) is 0.286. The van der Waals surface area contributed by atoms with Gasteiger partial charge in [0.05, 0.1) is 12.5 Å². The van der Waals surface area contributed by atoms with Gasteiger partial charge in [0.1, 0.15) is 11.3 Å². The maximum atomic E-state index is 11.9. The number of aliphatic hydroxyl groups excluding tert-OH is 1. The third-order valence-electron chi connectivity index (χ3n) is 2.78. The molecule has 20 heavy (non-hydrogen) atoms. The molecule has 2 rings (SSSR count). The highest BCUT2D eigenvalue weighted by Crippen LogP contribution is 2.19. The Hall–Kier alpha value is -2.34. The van der Waals surface area contributed by atoms with E-state index in [0.29, 0.717) is 29.7 Å². The van der Waals surface area contributed by atoms with Gasteiger partial charge in [-0.2, -0.15) is 0 Å². The van der Waals surface area contributed by atoms with Crippen molar-refractivity contribution in [1.29, 1.82) is 0 Å². The van der Waals surface area contributed by atoms with E-state index in [1.54, 1.807) is 18.2 Å². The Balaban J connectivity index is 2.35. The number of nitrogens with one attached hydrogen (secondary N) is 1. The molecule has 0 aliphatic carbocycles. The molecule has 1 heterocycles. The molecule has 0 spiro atoms. The Bertz CT molecular complexity index is 677. The van der Waals surface area contributed by atoms with Crippen molar-refractivity contribution >= 4 is 16.9 Å². The van der Waals surface area contributed by atoms with Crippen LogP contribution >= 0.6 is 0 Å². The van der Waals surface area contributed by atoms with Crippen molar-refractivity contribution in [2.45, 2.75) is 6.42 Å². The zero-order chi connectivity index (χ0) is 14.5. The summed E-state index contributed by atoms with van der Waals surface area (Å²) in [5.74, 6) is -0.00699. The maximum Gasteiger partial charge on any atom is 0.287 e. The molecule has 1 amide bonds. The zero-order valence-corrected chi connectivity index (χ0v) is 11.0. The van der Waals surface area contributed by atoms with Crippen molar-refractivity contribution in [3.63, 3.8) is 0 Å². The Labute approximate surface area is 115 Å². The number of carbonyl (C=O) groups is 1. The van der Waals surface area contributed by atoms with Crippen LogP contribution < -0.4 is 15.5 Å². The van der Waals surface area contributed by atoms with Crippen molar-refractivity contribution < 1.29 is 19.1 Å². The molecule has 1 aromatic carbocycles. The number of ether oxygens (including phenoxy) is 1. The predicted molar refractivity (Wildman–Crippen MR) is 73.1 cm³/mol. The summed E-state index contributed by atoms with van der Waals surface area (Å²) in [5.41, 5.74) is 0.00497. The first-order chi connectivity index (χ1) is 9.65. The molecule has 0 radical (unpaired) electrons. The summed E-state index contributed by atoms with van der Waals surface area (Å²) < 4.78 is 10.5. The summed E-state index contributed by atoms with van der Waals surface area (Å²) in [6.07, 6.45) is 0.442. The number of carbonyl (C=O) groups excluding carboxylic acids is 1. The van der Waals surface area contributed by atoms with Crippen LogP contribution in [0.25, 0.3) is 11.0 Å². The average molecular weight is 277 g/mol. The molecule has 0 unspecified atom stereocenters. The van der Waals surface area contributed by atoms with E-state index < -0.39 is 5.91 Å². The molecule has 0 bridgehead atoms. The summed E-state index contributed by atoms with van der Waals surface area (Å²) in [5, 5.41) is 11.6. The Morgan fingerprint density at radius 2 is 2.20 bits per heavy atom. The van der Waals surface area contributed by atoms with E-state index in [4.69, 9.17) is 14.3 Å². The van der Waals surface area contributed by atoms with Gasteiger partial charge < -0.3 is 19.6 Å². The van der Waals surface area contributed by atoms with Crippen molar-refractivity contribution in [3.8, 4) is 5.75 Å². The van der Waals surface area contributed by atoms with Gasteiger partial charge in [-0.1, -0.05) is 0 Å². The zero-order valence-electron chi connectivity index (χ0n) is 11.0. The Morgan fingerprint density at radius 3 is 2.90 bits per heavy atom. The monoisotopic (exact) mass is 277 g/mol. The first-order valence-corrected chi connectivity index (χ1v) is 6.16. The molecule has 0 aliphatic rings. The molecule has 0 saturated carbocycles. The lowest BCUT2D eigenvalue weighted by Crippen LogP contribution is -2.26. The lowest BCUT2D eigenvalue weighted by atomic mass is 10.2. The molecule has 1 aromatic heterocycles. The molecule has 0 fully saturated rings. The van der Waals surface area contributed by atoms with Gasteiger partial charge in [0.25, 0.3) is 5.91 Å². The maximum absolute atomic E-state index is 11.9. The summed E-state index contributed by atoms with van der Waals surface area (Å²) >= 11 is 0. The smallest absolute Gasteiger partial charge is 0.287 e. The summed E-state index contributed by atoms with van der Waals surface area (Å²) in [7, 11) is 1.50. The van der Waals surface area contributed by atoms with Crippen LogP contribution in [0.4, 0.5) is 0 Å². The van der Waals surface area contributed by atoms with Crippen LogP contribution in [-0.4, -0.2) is 31.3 Å². The minimum absolute atomic E-state index is 0.0147. The van der Waals surface area contributed by atoms with Gasteiger partial charge in [0.15, 0.2) is 11.2 Å². The molecule has 6 nitrogen and oxygen atoms in total. The van der Waals surface area contributed by atoms with Crippen molar-refractivity contribution in [2.75, 3.05) is 20.3 Å². The van der Waals surface area contributed by atoms with Gasteiger partial charge in [-0.15, -0.1) is 0 Å². The summed E-state index contributed by atoms with van der Waals surface area (Å²) in [6, 6.07) is 5.96. The largest absolute Gasteiger partial charge is 0.497 e. The normalized spacial score (nSPS) is 10.5. The molecule has 106 valence electrons. The molecular weight excluding hydrogens is 262 g/mol. The van der Waals surface area contributed by atoms with Gasteiger partial charge in [0.2, 0.25) is 0 Å². The van der Waals surface area contributed by atoms with Gasteiger partial charge in [0, 0.05) is 25.3 Å². The van der Waals surface area contributed by atoms with E-state index in [1.165, 1.54) is 7.11 Å². The fourth-order valence-electron chi connectivity index (χ4n) is 1.74. The van der Waals surface area contributed by atoms with Crippen molar-refractivity contribution in [3.05, 3.63) is 40.2 Å². The number of rotatable bonds is 5. The number of amides is 1. The molecule has 0 saturated heterocycles. The first kappa shape index (κ1) is 14.1. The number of hydrogen-bond donors (Lipinski definition) is 2. The van der Waals surface area contributed by atoms with Gasteiger partial charge in [-0.05, 0) is 18.6 Å². The van der Waals surface area contributed by atoms with E-state index in [2.05, 4.69) is 5.32 Å². The van der Waals surface area contributed by atoms with Crippen LogP contribution in [-0.2, 0) is 0 Å². The van der Waals surface area contributed by atoms with Gasteiger partial charge >= 0.3 is 0 Å². The Kier molecular flexibility index (Phi) is 4.37. The second kappa shape index (κ2) is 6.21. The second-order valence-corrected chi connectivity index (χ2v) is 4.17.